The molecule has 3 rings (SSSR count). The number of hydrogen-bond acceptors (Lipinski definition) is 6. The van der Waals surface area contributed by atoms with Gasteiger partial charge in [-0.05, 0) is 63.3 Å². The first-order valence-electron chi connectivity index (χ1n) is 9.68. The van der Waals surface area contributed by atoms with Gasteiger partial charge >= 0.3 is 0 Å². The molecule has 2 aromatic carbocycles. The van der Waals surface area contributed by atoms with E-state index in [4.69, 9.17) is 9.72 Å². The molecule has 148 valence electrons. The van der Waals surface area contributed by atoms with Crippen molar-refractivity contribution >= 4 is 22.7 Å². The summed E-state index contributed by atoms with van der Waals surface area (Å²) in [4.78, 5) is 11.6. The first-order valence-corrected chi connectivity index (χ1v) is 9.68. The van der Waals surface area contributed by atoms with Gasteiger partial charge in [0.05, 0.1) is 12.6 Å². The number of anilines is 2. The summed E-state index contributed by atoms with van der Waals surface area (Å²) in [5.74, 6) is 2.41. The number of fused-ring (bicyclic) bond motifs is 1. The highest BCUT2D eigenvalue weighted by Crippen LogP contribution is 2.22. The van der Waals surface area contributed by atoms with Gasteiger partial charge in [-0.1, -0.05) is 24.3 Å². The van der Waals surface area contributed by atoms with E-state index in [0.717, 1.165) is 54.9 Å². The quantitative estimate of drug-likeness (QED) is 0.524. The number of para-hydroxylation sites is 1. The molecule has 28 heavy (non-hydrogen) atoms. The van der Waals surface area contributed by atoms with Crippen LogP contribution in [0.3, 0.4) is 0 Å². The third-order valence-corrected chi connectivity index (χ3v) is 4.53. The van der Waals surface area contributed by atoms with Gasteiger partial charge in [-0.2, -0.15) is 4.98 Å². The van der Waals surface area contributed by atoms with Crippen LogP contribution in [0.15, 0.2) is 48.5 Å². The Bertz CT molecular complexity index is 880. The molecule has 0 saturated carbocycles. The molecule has 0 aliphatic heterocycles. The van der Waals surface area contributed by atoms with Crippen LogP contribution in [0.25, 0.3) is 10.9 Å². The van der Waals surface area contributed by atoms with Gasteiger partial charge in [-0.25, -0.2) is 4.98 Å². The van der Waals surface area contributed by atoms with Gasteiger partial charge < -0.3 is 20.3 Å². The number of ether oxygens (including phenoxy) is 1. The molecule has 0 bridgehead atoms. The molecule has 0 radical (unpaired) electrons. The molecule has 0 fully saturated rings. The van der Waals surface area contributed by atoms with Crippen molar-refractivity contribution in [3.8, 4) is 5.75 Å². The van der Waals surface area contributed by atoms with Gasteiger partial charge in [0.2, 0.25) is 5.95 Å². The molecule has 0 aliphatic carbocycles. The van der Waals surface area contributed by atoms with E-state index in [-0.39, 0.29) is 0 Å². The second-order valence-corrected chi connectivity index (χ2v) is 7.02. The number of rotatable bonds is 10. The Kier molecular flexibility index (Phi) is 7.03. The highest BCUT2D eigenvalue weighted by atomic mass is 16.5. The lowest BCUT2D eigenvalue weighted by Crippen LogP contribution is -2.17. The summed E-state index contributed by atoms with van der Waals surface area (Å²) in [6.07, 6.45) is 1.96. The van der Waals surface area contributed by atoms with E-state index in [2.05, 4.69) is 52.8 Å². The van der Waals surface area contributed by atoms with Crippen molar-refractivity contribution in [2.45, 2.75) is 12.8 Å². The van der Waals surface area contributed by atoms with E-state index >= 15 is 0 Å². The third kappa shape index (κ3) is 5.57. The first kappa shape index (κ1) is 19.9. The molecular formula is C22H29N5O. The Hall–Kier alpha value is -2.86. The monoisotopic (exact) mass is 379 g/mol. The lowest BCUT2D eigenvalue weighted by molar-refractivity contribution is 0.405. The van der Waals surface area contributed by atoms with Crippen molar-refractivity contribution in [1.82, 2.24) is 14.9 Å². The van der Waals surface area contributed by atoms with Gasteiger partial charge in [-0.15, -0.1) is 0 Å². The number of benzene rings is 2. The van der Waals surface area contributed by atoms with Crippen LogP contribution in [0, 0.1) is 0 Å². The van der Waals surface area contributed by atoms with Crippen molar-refractivity contribution in [3.63, 3.8) is 0 Å². The maximum atomic E-state index is 5.21. The summed E-state index contributed by atoms with van der Waals surface area (Å²) in [6, 6.07) is 16.2. The van der Waals surface area contributed by atoms with Crippen LogP contribution >= 0.6 is 0 Å². The van der Waals surface area contributed by atoms with E-state index < -0.39 is 0 Å². The zero-order valence-electron chi connectivity index (χ0n) is 16.9. The Morgan fingerprint density at radius 3 is 2.46 bits per heavy atom. The molecule has 6 nitrogen and oxygen atoms in total. The Morgan fingerprint density at radius 1 is 0.929 bits per heavy atom. The fourth-order valence-corrected chi connectivity index (χ4v) is 3.00. The predicted molar refractivity (Wildman–Crippen MR) is 116 cm³/mol. The lowest BCUT2D eigenvalue weighted by Gasteiger charge is -2.13. The summed E-state index contributed by atoms with van der Waals surface area (Å²) in [5.41, 5.74) is 2.19. The largest absolute Gasteiger partial charge is 0.497 e. The van der Waals surface area contributed by atoms with Crippen LogP contribution < -0.4 is 15.4 Å². The van der Waals surface area contributed by atoms with Crippen LogP contribution in [0.1, 0.15) is 12.0 Å². The van der Waals surface area contributed by atoms with E-state index in [0.29, 0.717) is 5.95 Å². The van der Waals surface area contributed by atoms with Crippen molar-refractivity contribution in [1.29, 1.82) is 0 Å². The molecular weight excluding hydrogens is 350 g/mol. The molecule has 3 aromatic rings. The van der Waals surface area contributed by atoms with Gasteiger partial charge in [0.15, 0.2) is 0 Å². The van der Waals surface area contributed by atoms with E-state index in [1.165, 1.54) is 5.56 Å². The second kappa shape index (κ2) is 9.90. The normalized spacial score (nSPS) is 11.0. The van der Waals surface area contributed by atoms with Gasteiger partial charge in [0, 0.05) is 18.5 Å². The van der Waals surface area contributed by atoms with Crippen LogP contribution in [0.4, 0.5) is 11.8 Å². The van der Waals surface area contributed by atoms with E-state index in [1.54, 1.807) is 7.11 Å². The molecule has 0 unspecified atom stereocenters. The maximum Gasteiger partial charge on any atom is 0.225 e. The van der Waals surface area contributed by atoms with Crippen LogP contribution in [0.2, 0.25) is 0 Å². The average Bonchev–Trinajstić information content (AvgIpc) is 2.71. The fourth-order valence-electron chi connectivity index (χ4n) is 3.00. The summed E-state index contributed by atoms with van der Waals surface area (Å²) in [5, 5.41) is 7.88. The lowest BCUT2D eigenvalue weighted by atomic mass is 10.1. The van der Waals surface area contributed by atoms with Crippen molar-refractivity contribution in [2.75, 3.05) is 51.5 Å². The average molecular weight is 380 g/mol. The Morgan fingerprint density at radius 2 is 1.71 bits per heavy atom. The maximum absolute atomic E-state index is 5.21. The van der Waals surface area contributed by atoms with Crippen LogP contribution in [0.5, 0.6) is 5.75 Å². The summed E-state index contributed by atoms with van der Waals surface area (Å²) < 4.78 is 5.21. The number of nitrogens with zero attached hydrogens (tertiary/aromatic N) is 3. The molecule has 0 atom stereocenters. The third-order valence-electron chi connectivity index (χ3n) is 4.53. The van der Waals surface area contributed by atoms with Crippen LogP contribution in [-0.4, -0.2) is 55.7 Å². The molecule has 1 aromatic heterocycles. The molecule has 0 spiro atoms. The minimum Gasteiger partial charge on any atom is -0.497 e. The Labute approximate surface area is 167 Å². The second-order valence-electron chi connectivity index (χ2n) is 7.02. The summed E-state index contributed by atoms with van der Waals surface area (Å²) >= 11 is 0. The van der Waals surface area contributed by atoms with Gasteiger partial charge in [0.25, 0.3) is 0 Å². The zero-order valence-corrected chi connectivity index (χ0v) is 16.9. The number of nitrogens with one attached hydrogen (secondary N) is 2. The van der Waals surface area contributed by atoms with Gasteiger partial charge in [0.1, 0.15) is 11.6 Å². The number of aromatic nitrogens is 2. The zero-order chi connectivity index (χ0) is 19.8. The van der Waals surface area contributed by atoms with Crippen molar-refractivity contribution in [2.24, 2.45) is 0 Å². The Balaban J connectivity index is 1.64. The summed E-state index contributed by atoms with van der Waals surface area (Å²) in [6.45, 7) is 2.69. The minimum atomic E-state index is 0.655. The fraction of sp³-hybridized carbons (Fsp3) is 0.364. The highest BCUT2D eigenvalue weighted by Gasteiger charge is 2.07. The molecule has 0 saturated heterocycles. The standard InChI is InChI=1S/C22H29N5O/c1-27(2)16-6-14-23-21-19-7-4-5-8-20(19)25-22(26-21)24-15-13-17-9-11-18(28-3)12-10-17/h4-5,7-12H,6,13-16H2,1-3H3,(H2,23,24,25,26). The van der Waals surface area contributed by atoms with Crippen LogP contribution in [-0.2, 0) is 6.42 Å². The van der Waals surface area contributed by atoms with Gasteiger partial charge in [-0.3, -0.25) is 0 Å². The summed E-state index contributed by atoms with van der Waals surface area (Å²) in [7, 11) is 5.86. The smallest absolute Gasteiger partial charge is 0.225 e. The SMILES string of the molecule is COc1ccc(CCNc2nc(NCCCN(C)C)c3ccccc3n2)cc1. The van der Waals surface area contributed by atoms with Crippen molar-refractivity contribution in [3.05, 3.63) is 54.1 Å². The molecule has 0 aliphatic rings. The topological polar surface area (TPSA) is 62.3 Å². The minimum absolute atomic E-state index is 0.655. The van der Waals surface area contributed by atoms with E-state index in [1.807, 2.05) is 30.3 Å². The molecule has 1 heterocycles. The highest BCUT2D eigenvalue weighted by molar-refractivity contribution is 5.89. The van der Waals surface area contributed by atoms with E-state index in [9.17, 15) is 0 Å². The predicted octanol–water partition coefficient (Wildman–Crippen LogP) is 3.66. The molecule has 0 amide bonds. The van der Waals surface area contributed by atoms with Crippen molar-refractivity contribution < 1.29 is 4.74 Å². The first-order chi connectivity index (χ1) is 13.7. The molecule has 6 heteroatoms. The number of methoxy groups -OCH3 is 1. The molecule has 2 N–H and O–H groups in total. The number of hydrogen-bond donors (Lipinski definition) is 2.